The molecule has 2 amide bonds. The molecule has 0 radical (unpaired) electrons. The van der Waals surface area contributed by atoms with Gasteiger partial charge < -0.3 is 14.5 Å². The van der Waals surface area contributed by atoms with E-state index in [9.17, 15) is 9.59 Å². The number of carbonyl (C=O) groups is 2. The summed E-state index contributed by atoms with van der Waals surface area (Å²) in [7, 11) is 0. The molecular weight excluding hydrogens is 487 g/mol. The largest absolute Gasteiger partial charge is 0.444 e. The number of piperazine rings is 1. The van der Waals surface area contributed by atoms with Crippen LogP contribution in [0.4, 0.5) is 4.79 Å². The molecule has 1 aliphatic rings. The third kappa shape index (κ3) is 4.62. The molecule has 0 bridgehead atoms. The van der Waals surface area contributed by atoms with E-state index in [2.05, 4.69) is 38.5 Å². The number of rotatable bonds is 1. The second kappa shape index (κ2) is 7.59. The van der Waals surface area contributed by atoms with E-state index in [-0.39, 0.29) is 18.0 Å². The number of hydrogen-bond acceptors (Lipinski definition) is 3. The zero-order valence-corrected chi connectivity index (χ0v) is 18.0. The second-order valence-corrected chi connectivity index (χ2v) is 8.83. The van der Waals surface area contributed by atoms with Crippen LogP contribution < -0.4 is 0 Å². The van der Waals surface area contributed by atoms with Crippen LogP contribution >= 0.6 is 38.5 Å². The summed E-state index contributed by atoms with van der Waals surface area (Å²) in [5, 5.41) is 0. The molecule has 7 heteroatoms. The van der Waals surface area contributed by atoms with E-state index in [0.717, 1.165) is 8.04 Å². The number of halogens is 2. The van der Waals surface area contributed by atoms with Gasteiger partial charge in [0.1, 0.15) is 5.60 Å². The van der Waals surface area contributed by atoms with Gasteiger partial charge in [0.15, 0.2) is 0 Å². The quantitative estimate of drug-likeness (QED) is 0.536. The molecule has 0 N–H and O–H groups in total. The minimum atomic E-state index is -0.515. The molecule has 0 spiro atoms. The molecule has 1 aromatic rings. The van der Waals surface area contributed by atoms with Gasteiger partial charge in [-0.2, -0.15) is 0 Å². The Morgan fingerprint density at radius 2 is 1.96 bits per heavy atom. The highest BCUT2D eigenvalue weighted by atomic mass is 127. The van der Waals surface area contributed by atoms with Crippen molar-refractivity contribution in [1.82, 2.24) is 9.80 Å². The van der Waals surface area contributed by atoms with Crippen LogP contribution in [0.25, 0.3) is 0 Å². The molecule has 0 unspecified atom stereocenters. The van der Waals surface area contributed by atoms with Gasteiger partial charge in [-0.25, -0.2) is 4.79 Å². The predicted octanol–water partition coefficient (Wildman–Crippen LogP) is 4.14. The van der Waals surface area contributed by atoms with E-state index in [1.165, 1.54) is 0 Å². The van der Waals surface area contributed by atoms with Gasteiger partial charge in [0.2, 0.25) is 0 Å². The lowest BCUT2D eigenvalue weighted by Crippen LogP contribution is -2.56. The van der Waals surface area contributed by atoms with E-state index < -0.39 is 5.60 Å². The Balaban J connectivity index is 2.07. The SMILES string of the molecule is C[C@H]1CN(C(=O)OC(C)(C)C)CCN1C(=O)c1cccc(I)c1Br. The van der Waals surface area contributed by atoms with Crippen LogP contribution in [0.2, 0.25) is 0 Å². The third-order valence-electron chi connectivity index (χ3n) is 3.72. The van der Waals surface area contributed by atoms with Crippen molar-refractivity contribution in [3.63, 3.8) is 0 Å². The van der Waals surface area contributed by atoms with Crippen LogP contribution in [0.15, 0.2) is 22.7 Å². The number of benzene rings is 1. The Kier molecular flexibility index (Phi) is 6.17. The Bertz CT molecular complexity index is 645. The monoisotopic (exact) mass is 508 g/mol. The molecule has 1 atom stereocenters. The number of ether oxygens (including phenoxy) is 1. The fourth-order valence-corrected chi connectivity index (χ4v) is 3.51. The highest BCUT2D eigenvalue weighted by Crippen LogP contribution is 2.26. The molecule has 1 aromatic carbocycles. The standard InChI is InChI=1S/C17H22BrIN2O3/c1-11-10-20(16(23)24-17(2,3)4)8-9-21(11)15(22)12-6-5-7-13(19)14(12)18/h5-7,11H,8-10H2,1-4H3/t11-/m0/s1. The molecular formula is C17H22BrIN2O3. The predicted molar refractivity (Wildman–Crippen MR) is 105 cm³/mol. The van der Waals surface area contributed by atoms with Gasteiger partial charge in [0.05, 0.1) is 5.56 Å². The molecule has 0 aliphatic carbocycles. The van der Waals surface area contributed by atoms with Crippen molar-refractivity contribution in [2.75, 3.05) is 19.6 Å². The smallest absolute Gasteiger partial charge is 0.410 e. The summed E-state index contributed by atoms with van der Waals surface area (Å²) < 4.78 is 7.23. The molecule has 0 aromatic heterocycles. The Morgan fingerprint density at radius 1 is 1.29 bits per heavy atom. The van der Waals surface area contributed by atoms with Crippen molar-refractivity contribution in [2.45, 2.75) is 39.3 Å². The van der Waals surface area contributed by atoms with Crippen molar-refractivity contribution in [3.8, 4) is 0 Å². The Hall–Kier alpha value is -0.830. The van der Waals surface area contributed by atoms with Crippen molar-refractivity contribution in [3.05, 3.63) is 31.8 Å². The van der Waals surface area contributed by atoms with Crippen molar-refractivity contribution in [2.24, 2.45) is 0 Å². The summed E-state index contributed by atoms with van der Waals surface area (Å²) in [6.45, 7) is 8.95. The Labute approximate surface area is 165 Å². The number of carbonyl (C=O) groups excluding carboxylic acids is 2. The van der Waals surface area contributed by atoms with Crippen LogP contribution in [-0.2, 0) is 4.74 Å². The first-order valence-electron chi connectivity index (χ1n) is 7.83. The summed E-state index contributed by atoms with van der Waals surface area (Å²) in [4.78, 5) is 28.5. The first-order chi connectivity index (χ1) is 11.1. The normalized spacial score (nSPS) is 18.5. The molecule has 0 saturated carbocycles. The van der Waals surface area contributed by atoms with E-state index in [4.69, 9.17) is 4.74 Å². The fourth-order valence-electron chi connectivity index (χ4n) is 2.58. The maximum atomic E-state index is 12.8. The van der Waals surface area contributed by atoms with E-state index >= 15 is 0 Å². The molecule has 1 saturated heterocycles. The van der Waals surface area contributed by atoms with Gasteiger partial charge in [-0.15, -0.1) is 0 Å². The minimum absolute atomic E-state index is 0.0169. The van der Waals surface area contributed by atoms with Gasteiger partial charge in [-0.1, -0.05) is 6.07 Å². The number of amides is 2. The zero-order valence-electron chi connectivity index (χ0n) is 14.3. The first-order valence-corrected chi connectivity index (χ1v) is 9.70. The first kappa shape index (κ1) is 19.5. The molecule has 5 nitrogen and oxygen atoms in total. The lowest BCUT2D eigenvalue weighted by Gasteiger charge is -2.40. The molecule has 24 heavy (non-hydrogen) atoms. The topological polar surface area (TPSA) is 49.9 Å². The second-order valence-electron chi connectivity index (χ2n) is 6.88. The van der Waals surface area contributed by atoms with Crippen LogP contribution in [0, 0.1) is 3.57 Å². The van der Waals surface area contributed by atoms with Gasteiger partial charge in [0, 0.05) is 33.7 Å². The molecule has 2 rings (SSSR count). The maximum absolute atomic E-state index is 12.8. The van der Waals surface area contributed by atoms with Crippen molar-refractivity contribution >= 4 is 50.5 Å². The van der Waals surface area contributed by atoms with Crippen LogP contribution in [0.1, 0.15) is 38.1 Å². The number of hydrogen-bond donors (Lipinski definition) is 0. The van der Waals surface area contributed by atoms with Crippen molar-refractivity contribution in [1.29, 1.82) is 0 Å². The van der Waals surface area contributed by atoms with Gasteiger partial charge in [-0.05, 0) is 78.3 Å². The van der Waals surface area contributed by atoms with Gasteiger partial charge in [-0.3, -0.25) is 4.79 Å². The van der Waals surface area contributed by atoms with E-state index in [1.54, 1.807) is 4.90 Å². The molecule has 132 valence electrons. The lowest BCUT2D eigenvalue weighted by atomic mass is 10.1. The summed E-state index contributed by atoms with van der Waals surface area (Å²) >= 11 is 5.69. The van der Waals surface area contributed by atoms with Gasteiger partial charge in [0.25, 0.3) is 5.91 Å². The molecule has 1 fully saturated rings. The number of nitrogens with zero attached hydrogens (tertiary/aromatic N) is 2. The maximum Gasteiger partial charge on any atom is 0.410 e. The van der Waals surface area contributed by atoms with Crippen LogP contribution in [0.3, 0.4) is 0 Å². The minimum Gasteiger partial charge on any atom is -0.444 e. The average molecular weight is 509 g/mol. The van der Waals surface area contributed by atoms with E-state index in [0.29, 0.717) is 25.2 Å². The average Bonchev–Trinajstić information content (AvgIpc) is 2.47. The fraction of sp³-hybridized carbons (Fsp3) is 0.529. The van der Waals surface area contributed by atoms with Crippen LogP contribution in [-0.4, -0.2) is 53.1 Å². The summed E-state index contributed by atoms with van der Waals surface area (Å²) in [6.07, 6.45) is -0.322. The van der Waals surface area contributed by atoms with E-state index in [1.807, 2.05) is 50.8 Å². The zero-order chi connectivity index (χ0) is 18.1. The molecule has 1 aliphatic heterocycles. The summed E-state index contributed by atoms with van der Waals surface area (Å²) in [5.74, 6) is -0.0169. The van der Waals surface area contributed by atoms with Crippen molar-refractivity contribution < 1.29 is 14.3 Å². The Morgan fingerprint density at radius 3 is 2.54 bits per heavy atom. The van der Waals surface area contributed by atoms with Crippen LogP contribution in [0.5, 0.6) is 0 Å². The molecule has 1 heterocycles. The summed E-state index contributed by atoms with van der Waals surface area (Å²) in [6, 6.07) is 5.58. The lowest BCUT2D eigenvalue weighted by molar-refractivity contribution is 0.00615. The summed E-state index contributed by atoms with van der Waals surface area (Å²) in [5.41, 5.74) is 0.137. The highest BCUT2D eigenvalue weighted by molar-refractivity contribution is 14.1. The highest BCUT2D eigenvalue weighted by Gasteiger charge is 2.33. The third-order valence-corrected chi connectivity index (χ3v) is 6.22. The van der Waals surface area contributed by atoms with Gasteiger partial charge >= 0.3 is 6.09 Å².